The highest BCUT2D eigenvalue weighted by atomic mass is 35.5. The third kappa shape index (κ3) is 4.72. The summed E-state index contributed by atoms with van der Waals surface area (Å²) in [5.74, 6) is 1.01. The minimum absolute atomic E-state index is 0.106. The number of phenols is 1. The topological polar surface area (TPSA) is 71.2 Å². The fourth-order valence-corrected chi connectivity index (χ4v) is 2.04. The van der Waals surface area contributed by atoms with Crippen molar-refractivity contribution in [2.75, 3.05) is 6.54 Å². The van der Waals surface area contributed by atoms with Gasteiger partial charge in [-0.05, 0) is 51.9 Å². The number of rotatable bonds is 5. The van der Waals surface area contributed by atoms with Crippen molar-refractivity contribution >= 4 is 11.6 Å². The summed E-state index contributed by atoms with van der Waals surface area (Å²) in [4.78, 5) is 0. The van der Waals surface area contributed by atoms with Gasteiger partial charge in [0.15, 0.2) is 0 Å². The molecule has 1 heterocycles. The molecule has 0 bridgehead atoms. The first-order valence-electron chi connectivity index (χ1n) is 6.91. The zero-order valence-electron chi connectivity index (χ0n) is 12.5. The lowest BCUT2D eigenvalue weighted by Crippen LogP contribution is -2.36. The number of benzene rings is 1. The van der Waals surface area contributed by atoms with E-state index in [2.05, 4.69) is 36.3 Å². The number of aromatic hydroxyl groups is 1. The molecule has 0 aliphatic rings. The summed E-state index contributed by atoms with van der Waals surface area (Å²) >= 11 is 6.07. The first-order valence-corrected chi connectivity index (χ1v) is 7.29. The van der Waals surface area contributed by atoms with Crippen molar-refractivity contribution in [2.45, 2.75) is 39.2 Å². The summed E-state index contributed by atoms with van der Waals surface area (Å²) in [6, 6.07) is 4.63. The molecule has 114 valence electrons. The van der Waals surface area contributed by atoms with Gasteiger partial charge in [-0.25, -0.2) is 0 Å². The predicted octanol–water partition coefficient (Wildman–Crippen LogP) is 3.42. The minimum atomic E-state index is 0.106. The average molecular weight is 310 g/mol. The molecule has 0 unspecified atom stereocenters. The van der Waals surface area contributed by atoms with Crippen LogP contribution in [0.4, 0.5) is 0 Å². The highest BCUT2D eigenvalue weighted by Crippen LogP contribution is 2.30. The number of phenolic OH excluding ortho intramolecular Hbond substituents is 1. The molecular weight excluding hydrogens is 290 g/mol. The smallest absolute Gasteiger partial charge is 0.249 e. The number of hydrogen-bond donors (Lipinski definition) is 2. The summed E-state index contributed by atoms with van der Waals surface area (Å²) < 4.78 is 5.59. The van der Waals surface area contributed by atoms with E-state index >= 15 is 0 Å². The van der Waals surface area contributed by atoms with E-state index in [0.29, 0.717) is 28.8 Å². The first kappa shape index (κ1) is 15.8. The van der Waals surface area contributed by atoms with E-state index < -0.39 is 0 Å². The number of halogens is 1. The van der Waals surface area contributed by atoms with Crippen LogP contribution in [0, 0.1) is 0 Å². The van der Waals surface area contributed by atoms with Crippen LogP contribution >= 0.6 is 11.6 Å². The van der Waals surface area contributed by atoms with E-state index in [4.69, 9.17) is 16.0 Å². The average Bonchev–Trinajstić information content (AvgIpc) is 2.85. The molecule has 2 rings (SSSR count). The van der Waals surface area contributed by atoms with Crippen molar-refractivity contribution < 1.29 is 9.52 Å². The highest BCUT2D eigenvalue weighted by Gasteiger charge is 2.13. The molecule has 0 saturated carbocycles. The molecule has 0 radical (unpaired) electrons. The van der Waals surface area contributed by atoms with Gasteiger partial charge in [0, 0.05) is 12.0 Å². The van der Waals surface area contributed by atoms with Gasteiger partial charge in [0.25, 0.3) is 0 Å². The summed E-state index contributed by atoms with van der Waals surface area (Å²) in [5.41, 5.74) is 0.651. The second-order valence-electron chi connectivity index (χ2n) is 5.95. The van der Waals surface area contributed by atoms with Gasteiger partial charge in [-0.2, -0.15) is 0 Å². The SMILES string of the molecule is CC(C)(C)NCCCc1nnc(-c2cc(O)ccc2Cl)o1. The maximum absolute atomic E-state index is 9.50. The molecule has 1 aromatic carbocycles. The number of nitrogens with zero attached hydrogens (tertiary/aromatic N) is 2. The van der Waals surface area contributed by atoms with Crippen LogP contribution in [0.25, 0.3) is 11.5 Å². The molecule has 21 heavy (non-hydrogen) atoms. The van der Waals surface area contributed by atoms with E-state index in [1.54, 1.807) is 6.07 Å². The van der Waals surface area contributed by atoms with Crippen LogP contribution < -0.4 is 5.32 Å². The van der Waals surface area contributed by atoms with Gasteiger partial charge >= 0.3 is 0 Å². The Kier molecular flexibility index (Phi) is 4.85. The van der Waals surface area contributed by atoms with E-state index in [9.17, 15) is 5.11 Å². The summed E-state index contributed by atoms with van der Waals surface area (Å²) in [7, 11) is 0. The Bertz CT molecular complexity index is 605. The first-order chi connectivity index (χ1) is 9.85. The molecule has 6 heteroatoms. The lowest BCUT2D eigenvalue weighted by Gasteiger charge is -2.19. The van der Waals surface area contributed by atoms with Gasteiger partial charge in [0.05, 0.1) is 10.6 Å². The fraction of sp³-hybridized carbons (Fsp3) is 0.467. The van der Waals surface area contributed by atoms with Crippen LogP contribution in [0.1, 0.15) is 33.1 Å². The van der Waals surface area contributed by atoms with Crippen molar-refractivity contribution in [1.82, 2.24) is 15.5 Å². The Morgan fingerprint density at radius 2 is 2.05 bits per heavy atom. The van der Waals surface area contributed by atoms with Gasteiger partial charge in [0.1, 0.15) is 5.75 Å². The molecular formula is C15H20ClN3O2. The van der Waals surface area contributed by atoms with Crippen LogP contribution in [0.2, 0.25) is 5.02 Å². The van der Waals surface area contributed by atoms with Crippen molar-refractivity contribution in [1.29, 1.82) is 0 Å². The Morgan fingerprint density at radius 3 is 2.76 bits per heavy atom. The van der Waals surface area contributed by atoms with Gasteiger partial charge in [-0.1, -0.05) is 11.6 Å². The molecule has 0 saturated heterocycles. The maximum atomic E-state index is 9.50. The Balaban J connectivity index is 1.97. The quantitative estimate of drug-likeness (QED) is 0.828. The fourth-order valence-electron chi connectivity index (χ4n) is 1.84. The summed E-state index contributed by atoms with van der Waals surface area (Å²) in [5, 5.41) is 21.4. The van der Waals surface area contributed by atoms with Crippen molar-refractivity contribution in [2.24, 2.45) is 0 Å². The van der Waals surface area contributed by atoms with Crippen LogP contribution in [0.15, 0.2) is 22.6 Å². The second kappa shape index (κ2) is 6.45. The number of aromatic nitrogens is 2. The number of hydrogen-bond acceptors (Lipinski definition) is 5. The third-order valence-electron chi connectivity index (χ3n) is 2.87. The summed E-state index contributed by atoms with van der Waals surface area (Å²) in [6.07, 6.45) is 1.61. The van der Waals surface area contributed by atoms with E-state index in [-0.39, 0.29) is 11.3 Å². The maximum Gasteiger partial charge on any atom is 0.249 e. The molecule has 5 nitrogen and oxygen atoms in total. The van der Waals surface area contributed by atoms with Crippen molar-refractivity contribution in [3.8, 4) is 17.2 Å². The van der Waals surface area contributed by atoms with E-state index in [1.807, 2.05) is 0 Å². The molecule has 2 N–H and O–H groups in total. The third-order valence-corrected chi connectivity index (χ3v) is 3.20. The second-order valence-corrected chi connectivity index (χ2v) is 6.35. The van der Waals surface area contributed by atoms with Gasteiger partial charge in [-0.3, -0.25) is 0 Å². The molecule has 0 aliphatic heterocycles. The van der Waals surface area contributed by atoms with E-state index in [0.717, 1.165) is 13.0 Å². The van der Waals surface area contributed by atoms with Gasteiger partial charge in [0.2, 0.25) is 11.8 Å². The molecule has 0 fully saturated rings. The van der Waals surface area contributed by atoms with Gasteiger partial charge < -0.3 is 14.8 Å². The lowest BCUT2D eigenvalue weighted by atomic mass is 10.1. The van der Waals surface area contributed by atoms with Crippen LogP contribution in [-0.2, 0) is 6.42 Å². The number of nitrogens with one attached hydrogen (secondary N) is 1. The molecule has 0 aliphatic carbocycles. The minimum Gasteiger partial charge on any atom is -0.508 e. The Morgan fingerprint density at radius 1 is 1.29 bits per heavy atom. The zero-order chi connectivity index (χ0) is 15.5. The van der Waals surface area contributed by atoms with Crippen LogP contribution in [0.5, 0.6) is 5.75 Å². The lowest BCUT2D eigenvalue weighted by molar-refractivity contribution is 0.412. The monoisotopic (exact) mass is 309 g/mol. The molecule has 0 atom stereocenters. The number of aryl methyl sites for hydroxylation is 1. The molecule has 1 aromatic heterocycles. The highest BCUT2D eigenvalue weighted by molar-refractivity contribution is 6.33. The van der Waals surface area contributed by atoms with Crippen molar-refractivity contribution in [3.05, 3.63) is 29.1 Å². The summed E-state index contributed by atoms with van der Waals surface area (Å²) in [6.45, 7) is 7.26. The zero-order valence-corrected chi connectivity index (χ0v) is 13.2. The van der Waals surface area contributed by atoms with E-state index in [1.165, 1.54) is 12.1 Å². The van der Waals surface area contributed by atoms with Gasteiger partial charge in [-0.15, -0.1) is 10.2 Å². The van der Waals surface area contributed by atoms with Crippen LogP contribution in [-0.4, -0.2) is 27.4 Å². The molecule has 0 spiro atoms. The molecule has 0 amide bonds. The van der Waals surface area contributed by atoms with Crippen molar-refractivity contribution in [3.63, 3.8) is 0 Å². The largest absolute Gasteiger partial charge is 0.508 e. The van der Waals surface area contributed by atoms with Crippen LogP contribution in [0.3, 0.4) is 0 Å². The Labute approximate surface area is 129 Å². The molecule has 2 aromatic rings. The normalized spacial score (nSPS) is 11.8. The standard InChI is InChI=1S/C15H20ClN3O2/c1-15(2,3)17-8-4-5-13-18-19-14(21-13)11-9-10(20)6-7-12(11)16/h6-7,9,17,20H,4-5,8H2,1-3H3. The predicted molar refractivity (Wildman–Crippen MR) is 82.5 cm³/mol. The Hall–Kier alpha value is -1.59.